The number of hydrogen-bond donors (Lipinski definition) is 2. The zero-order chi connectivity index (χ0) is 15.7. The molecule has 0 radical (unpaired) electrons. The Hall–Kier alpha value is -0.160. The zero-order valence-electron chi connectivity index (χ0n) is 14.1. The van der Waals surface area contributed by atoms with Crippen molar-refractivity contribution in [2.45, 2.75) is 102 Å². The molecule has 0 unspecified atom stereocenters. The lowest BCUT2D eigenvalue weighted by Crippen LogP contribution is -2.43. The molecule has 2 fully saturated rings. The van der Waals surface area contributed by atoms with Gasteiger partial charge in [-0.3, -0.25) is 0 Å². The summed E-state index contributed by atoms with van der Waals surface area (Å²) in [6, 6.07) is -0.156. The van der Waals surface area contributed by atoms with Gasteiger partial charge in [-0.05, 0) is 40.0 Å². The Morgan fingerprint density at radius 1 is 1.10 bits per heavy atom. The molecule has 1 aliphatic carbocycles. The average Bonchev–Trinajstić information content (AvgIpc) is 2.58. The van der Waals surface area contributed by atoms with Gasteiger partial charge in [0.1, 0.15) is 0 Å². The molecule has 2 rings (SSSR count). The van der Waals surface area contributed by atoms with E-state index in [4.69, 9.17) is 15.2 Å². The predicted octanol–water partition coefficient (Wildman–Crippen LogP) is 2.97. The van der Waals surface area contributed by atoms with E-state index in [2.05, 4.69) is 0 Å². The minimum absolute atomic E-state index is 0.111. The van der Waals surface area contributed by atoms with Gasteiger partial charge in [0.2, 0.25) is 0 Å². The van der Waals surface area contributed by atoms with Crippen molar-refractivity contribution in [1.82, 2.24) is 0 Å². The molecule has 21 heavy (non-hydrogen) atoms. The summed E-state index contributed by atoms with van der Waals surface area (Å²) in [5.74, 6) is 0.107. The molecular weight excluding hydrogens is 266 g/mol. The first-order valence-electron chi connectivity index (χ1n) is 8.51. The van der Waals surface area contributed by atoms with Crippen LogP contribution in [0.2, 0.25) is 0 Å². The van der Waals surface area contributed by atoms with Gasteiger partial charge < -0.3 is 20.3 Å². The van der Waals surface area contributed by atoms with E-state index < -0.39 is 11.9 Å². The number of rotatable bonds is 5. The fourth-order valence-corrected chi connectivity index (χ4v) is 3.90. The molecular formula is C17H33NO3. The normalized spacial score (nSPS) is 32.0. The van der Waals surface area contributed by atoms with Gasteiger partial charge in [0.05, 0.1) is 17.8 Å². The van der Waals surface area contributed by atoms with Gasteiger partial charge in [-0.2, -0.15) is 0 Å². The van der Waals surface area contributed by atoms with Crippen molar-refractivity contribution in [3.63, 3.8) is 0 Å². The van der Waals surface area contributed by atoms with Gasteiger partial charge in [0, 0.05) is 12.5 Å². The maximum atomic E-state index is 10.5. The number of hydrogen-bond acceptors (Lipinski definition) is 4. The number of ether oxygens (including phenoxy) is 2. The molecule has 1 heterocycles. The second-order valence-corrected chi connectivity index (χ2v) is 7.92. The van der Waals surface area contributed by atoms with Gasteiger partial charge >= 0.3 is 0 Å². The van der Waals surface area contributed by atoms with Crippen LogP contribution in [0.1, 0.15) is 72.6 Å². The van der Waals surface area contributed by atoms with Crippen molar-refractivity contribution in [2.75, 3.05) is 0 Å². The Labute approximate surface area is 129 Å². The Bertz CT molecular complexity index is 337. The summed E-state index contributed by atoms with van der Waals surface area (Å²) in [6.07, 6.45) is 7.36. The highest BCUT2D eigenvalue weighted by molar-refractivity contribution is 4.92. The van der Waals surface area contributed by atoms with E-state index in [9.17, 15) is 5.11 Å². The molecule has 1 aliphatic heterocycles. The number of nitrogens with two attached hydrogens (primary N) is 1. The summed E-state index contributed by atoms with van der Waals surface area (Å²) in [4.78, 5) is 0. The largest absolute Gasteiger partial charge is 0.391 e. The summed E-state index contributed by atoms with van der Waals surface area (Å²) in [6.45, 7) is 7.88. The predicted molar refractivity (Wildman–Crippen MR) is 83.9 cm³/mol. The smallest absolute Gasteiger partial charge is 0.164 e. The van der Waals surface area contributed by atoms with Crippen LogP contribution in [0.3, 0.4) is 0 Å². The van der Waals surface area contributed by atoms with E-state index in [1.807, 2.05) is 27.7 Å². The fraction of sp³-hybridized carbons (Fsp3) is 1.00. The van der Waals surface area contributed by atoms with E-state index in [1.165, 1.54) is 32.1 Å². The van der Waals surface area contributed by atoms with Crippen LogP contribution in [0.25, 0.3) is 0 Å². The average molecular weight is 299 g/mol. The maximum absolute atomic E-state index is 10.5. The molecule has 4 nitrogen and oxygen atoms in total. The van der Waals surface area contributed by atoms with Crippen molar-refractivity contribution in [1.29, 1.82) is 0 Å². The molecule has 0 aromatic rings. The van der Waals surface area contributed by atoms with Crippen LogP contribution in [0.4, 0.5) is 0 Å². The molecule has 0 aromatic heterocycles. The molecule has 124 valence electrons. The zero-order valence-corrected chi connectivity index (χ0v) is 14.1. The third kappa shape index (κ3) is 4.65. The van der Waals surface area contributed by atoms with Crippen LogP contribution in [0, 0.1) is 5.92 Å². The van der Waals surface area contributed by atoms with Crippen LogP contribution >= 0.6 is 0 Å². The molecule has 0 aromatic carbocycles. The molecule has 0 amide bonds. The lowest BCUT2D eigenvalue weighted by Gasteiger charge is -2.30. The molecule has 0 bridgehead atoms. The van der Waals surface area contributed by atoms with E-state index in [1.54, 1.807) is 0 Å². The molecule has 1 saturated carbocycles. The van der Waals surface area contributed by atoms with Crippen LogP contribution in [-0.2, 0) is 9.47 Å². The lowest BCUT2D eigenvalue weighted by molar-refractivity contribution is -0.158. The quantitative estimate of drug-likeness (QED) is 0.819. The van der Waals surface area contributed by atoms with E-state index in [-0.39, 0.29) is 17.7 Å². The number of aliphatic hydroxyl groups is 1. The van der Waals surface area contributed by atoms with Crippen LogP contribution < -0.4 is 5.73 Å². The summed E-state index contributed by atoms with van der Waals surface area (Å²) in [5.41, 5.74) is 5.86. The number of aliphatic hydroxyl groups excluding tert-OH is 1. The maximum Gasteiger partial charge on any atom is 0.164 e. The highest BCUT2D eigenvalue weighted by Crippen LogP contribution is 2.38. The first-order chi connectivity index (χ1) is 9.70. The van der Waals surface area contributed by atoms with Gasteiger partial charge in [-0.15, -0.1) is 0 Å². The van der Waals surface area contributed by atoms with Crippen LogP contribution in [0.5, 0.6) is 0 Å². The summed E-state index contributed by atoms with van der Waals surface area (Å²) >= 11 is 0. The standard InChI is InChI=1S/C17H33NO3/c1-16(2)15(20-17(3,4)21-16)11-14(19)13(18)10-12-8-6-5-7-9-12/h12-15,19H,5-11,18H2,1-4H3/t13-,14-,15-/m0/s1. The van der Waals surface area contributed by atoms with Gasteiger partial charge in [0.15, 0.2) is 5.79 Å². The van der Waals surface area contributed by atoms with Gasteiger partial charge in [-0.1, -0.05) is 32.1 Å². The van der Waals surface area contributed by atoms with Crippen LogP contribution in [0.15, 0.2) is 0 Å². The topological polar surface area (TPSA) is 64.7 Å². The molecule has 0 spiro atoms. The minimum atomic E-state index is -0.582. The summed E-state index contributed by atoms with van der Waals surface area (Å²) < 4.78 is 11.8. The molecule has 3 N–H and O–H groups in total. The van der Waals surface area contributed by atoms with Gasteiger partial charge in [0.25, 0.3) is 0 Å². The second kappa shape index (κ2) is 6.53. The Morgan fingerprint density at radius 3 is 2.24 bits per heavy atom. The fourth-order valence-electron chi connectivity index (χ4n) is 3.90. The van der Waals surface area contributed by atoms with Crippen LogP contribution in [-0.4, -0.2) is 34.7 Å². The highest BCUT2D eigenvalue weighted by atomic mass is 16.8. The Balaban J connectivity index is 1.84. The summed E-state index contributed by atoms with van der Waals surface area (Å²) in [7, 11) is 0. The molecule has 2 aliphatic rings. The van der Waals surface area contributed by atoms with E-state index in [0.717, 1.165) is 6.42 Å². The molecule has 4 heteroatoms. The molecule has 3 atom stereocenters. The third-order valence-electron chi connectivity index (χ3n) is 4.99. The van der Waals surface area contributed by atoms with Crippen molar-refractivity contribution in [3.05, 3.63) is 0 Å². The van der Waals surface area contributed by atoms with Crippen molar-refractivity contribution in [3.8, 4) is 0 Å². The first kappa shape index (κ1) is 17.2. The van der Waals surface area contributed by atoms with E-state index >= 15 is 0 Å². The van der Waals surface area contributed by atoms with Crippen molar-refractivity contribution in [2.24, 2.45) is 11.7 Å². The highest BCUT2D eigenvalue weighted by Gasteiger charge is 2.47. The SMILES string of the molecule is CC1(C)O[C@@H](C[C@H](O)[C@@H](N)CC2CCCCC2)C(C)(C)O1. The summed E-state index contributed by atoms with van der Waals surface area (Å²) in [5, 5.41) is 10.5. The molecule has 1 saturated heterocycles. The van der Waals surface area contributed by atoms with Crippen molar-refractivity contribution >= 4 is 0 Å². The Kier molecular flexibility index (Phi) is 5.35. The lowest BCUT2D eigenvalue weighted by atomic mass is 9.83. The Morgan fingerprint density at radius 2 is 1.71 bits per heavy atom. The van der Waals surface area contributed by atoms with E-state index in [0.29, 0.717) is 12.3 Å². The second-order valence-electron chi connectivity index (χ2n) is 7.92. The monoisotopic (exact) mass is 299 g/mol. The minimum Gasteiger partial charge on any atom is -0.391 e. The third-order valence-corrected chi connectivity index (χ3v) is 4.99. The van der Waals surface area contributed by atoms with Gasteiger partial charge in [-0.25, -0.2) is 0 Å². The van der Waals surface area contributed by atoms with Crippen molar-refractivity contribution < 1.29 is 14.6 Å². The first-order valence-corrected chi connectivity index (χ1v) is 8.51.